The molecule has 118 valence electrons. The third-order valence-electron chi connectivity index (χ3n) is 3.92. The average molecular weight is 321 g/mol. The zero-order valence-electron chi connectivity index (χ0n) is 13.1. The van der Waals surface area contributed by atoms with E-state index in [2.05, 4.69) is 4.99 Å². The molecule has 0 saturated heterocycles. The number of benzene rings is 1. The first kappa shape index (κ1) is 16.9. The summed E-state index contributed by atoms with van der Waals surface area (Å²) in [6, 6.07) is 7.78. The van der Waals surface area contributed by atoms with Crippen LogP contribution in [0.15, 0.2) is 34.8 Å². The lowest BCUT2D eigenvalue weighted by Crippen LogP contribution is -2.34. The average Bonchev–Trinajstić information content (AvgIpc) is 2.47. The van der Waals surface area contributed by atoms with Gasteiger partial charge in [0.1, 0.15) is 0 Å². The zero-order chi connectivity index (χ0) is 16.3. The first-order valence-electron chi connectivity index (χ1n) is 7.25. The molecule has 2 atom stereocenters. The minimum Gasteiger partial charge on any atom is -0.378 e. The summed E-state index contributed by atoms with van der Waals surface area (Å²) in [6.07, 6.45) is 0. The molecular weight excluding hydrogens is 300 g/mol. The van der Waals surface area contributed by atoms with Crippen molar-refractivity contribution in [2.45, 2.75) is 19.9 Å². The molecule has 0 radical (unpaired) electrons. The third-order valence-corrected chi connectivity index (χ3v) is 4.15. The number of methoxy groups -OCH3 is 1. The SMILES string of the molecule is COCC1=NC(C)C(C(=O)Cl)C(c2ccc(C)cc2)=C1CN. The second kappa shape index (κ2) is 7.18. The Morgan fingerprint density at radius 1 is 1.36 bits per heavy atom. The van der Waals surface area contributed by atoms with E-state index in [-0.39, 0.29) is 6.04 Å². The molecular formula is C17H21ClN2O2. The van der Waals surface area contributed by atoms with Crippen LogP contribution in [0.2, 0.25) is 0 Å². The van der Waals surface area contributed by atoms with E-state index in [1.54, 1.807) is 7.11 Å². The number of aliphatic imine (C=N–C) groups is 1. The summed E-state index contributed by atoms with van der Waals surface area (Å²) >= 11 is 5.86. The van der Waals surface area contributed by atoms with Gasteiger partial charge < -0.3 is 10.5 Å². The van der Waals surface area contributed by atoms with E-state index in [1.165, 1.54) is 0 Å². The van der Waals surface area contributed by atoms with Crippen LogP contribution in [0.5, 0.6) is 0 Å². The largest absolute Gasteiger partial charge is 0.378 e. The Balaban J connectivity index is 2.63. The summed E-state index contributed by atoms with van der Waals surface area (Å²) < 4.78 is 5.22. The highest BCUT2D eigenvalue weighted by molar-refractivity contribution is 6.65. The molecule has 1 aliphatic rings. The van der Waals surface area contributed by atoms with Crippen molar-refractivity contribution in [3.8, 4) is 0 Å². The molecule has 1 aromatic carbocycles. The van der Waals surface area contributed by atoms with Crippen molar-refractivity contribution >= 4 is 28.1 Å². The highest BCUT2D eigenvalue weighted by atomic mass is 35.5. The van der Waals surface area contributed by atoms with Gasteiger partial charge in [-0.25, -0.2) is 0 Å². The minimum absolute atomic E-state index is 0.234. The third kappa shape index (κ3) is 3.29. The number of dihydropyridines is 1. The Kier molecular flexibility index (Phi) is 5.51. The number of halogens is 1. The number of hydrogen-bond acceptors (Lipinski definition) is 4. The molecule has 1 aromatic rings. The molecule has 0 spiro atoms. The summed E-state index contributed by atoms with van der Waals surface area (Å²) in [5.74, 6) is -0.483. The Morgan fingerprint density at radius 3 is 2.50 bits per heavy atom. The van der Waals surface area contributed by atoms with Crippen LogP contribution in [0, 0.1) is 12.8 Å². The van der Waals surface area contributed by atoms with Gasteiger partial charge in [-0.1, -0.05) is 29.8 Å². The predicted molar refractivity (Wildman–Crippen MR) is 90.3 cm³/mol. The number of aryl methyl sites for hydroxylation is 1. The molecule has 2 N–H and O–H groups in total. The summed E-state index contributed by atoms with van der Waals surface area (Å²) in [6.45, 7) is 4.57. The number of ether oxygens (including phenoxy) is 1. The Hall–Kier alpha value is -1.49. The normalized spacial score (nSPS) is 21.8. The fraction of sp³-hybridized carbons (Fsp3) is 0.412. The monoisotopic (exact) mass is 320 g/mol. The fourth-order valence-corrected chi connectivity index (χ4v) is 3.15. The molecule has 4 nitrogen and oxygen atoms in total. The van der Waals surface area contributed by atoms with E-state index in [4.69, 9.17) is 22.1 Å². The highest BCUT2D eigenvalue weighted by Gasteiger charge is 2.35. The second-order valence-electron chi connectivity index (χ2n) is 5.49. The van der Waals surface area contributed by atoms with Crippen LogP contribution in [0.1, 0.15) is 18.1 Å². The van der Waals surface area contributed by atoms with E-state index in [1.807, 2.05) is 38.1 Å². The van der Waals surface area contributed by atoms with Gasteiger partial charge in [-0.2, -0.15) is 0 Å². The molecule has 5 heteroatoms. The summed E-state index contributed by atoms with van der Waals surface area (Å²) in [7, 11) is 1.62. The first-order valence-corrected chi connectivity index (χ1v) is 7.62. The topological polar surface area (TPSA) is 64.7 Å². The quantitative estimate of drug-likeness (QED) is 0.848. The highest BCUT2D eigenvalue weighted by Crippen LogP contribution is 2.36. The molecule has 0 fully saturated rings. The first-order chi connectivity index (χ1) is 10.5. The number of carbonyl (C=O) groups excluding carboxylic acids is 1. The van der Waals surface area contributed by atoms with Gasteiger partial charge in [0, 0.05) is 13.7 Å². The molecule has 0 saturated carbocycles. The van der Waals surface area contributed by atoms with E-state index in [9.17, 15) is 4.79 Å². The van der Waals surface area contributed by atoms with Gasteiger partial charge in [0.2, 0.25) is 5.24 Å². The molecule has 2 unspecified atom stereocenters. The van der Waals surface area contributed by atoms with E-state index >= 15 is 0 Å². The lowest BCUT2D eigenvalue weighted by molar-refractivity contribution is -0.114. The van der Waals surface area contributed by atoms with Crippen molar-refractivity contribution in [1.82, 2.24) is 0 Å². The van der Waals surface area contributed by atoms with Gasteiger partial charge in [-0.05, 0) is 42.2 Å². The predicted octanol–water partition coefficient (Wildman–Crippen LogP) is 2.58. The van der Waals surface area contributed by atoms with Crippen molar-refractivity contribution in [2.24, 2.45) is 16.6 Å². The Morgan fingerprint density at radius 2 is 2.00 bits per heavy atom. The van der Waals surface area contributed by atoms with Gasteiger partial charge in [0.15, 0.2) is 0 Å². The maximum Gasteiger partial charge on any atom is 0.231 e. The fourth-order valence-electron chi connectivity index (χ4n) is 2.86. The minimum atomic E-state index is -0.483. The maximum atomic E-state index is 12.0. The molecule has 0 aliphatic carbocycles. The van der Waals surface area contributed by atoms with Crippen LogP contribution in [-0.4, -0.2) is 37.3 Å². The summed E-state index contributed by atoms with van der Waals surface area (Å²) in [5.41, 5.74) is 10.6. The molecule has 0 aromatic heterocycles. The van der Waals surface area contributed by atoms with Crippen molar-refractivity contribution in [2.75, 3.05) is 20.3 Å². The molecule has 0 bridgehead atoms. The molecule has 1 aliphatic heterocycles. The van der Waals surface area contributed by atoms with E-state index < -0.39 is 11.2 Å². The van der Waals surface area contributed by atoms with Gasteiger partial charge in [0.05, 0.1) is 24.3 Å². The Bertz CT molecular complexity index is 620. The van der Waals surface area contributed by atoms with Crippen molar-refractivity contribution in [3.05, 3.63) is 41.0 Å². The smallest absolute Gasteiger partial charge is 0.231 e. The molecule has 22 heavy (non-hydrogen) atoms. The van der Waals surface area contributed by atoms with Crippen LogP contribution in [0.4, 0.5) is 0 Å². The summed E-state index contributed by atoms with van der Waals surface area (Å²) in [4.78, 5) is 16.5. The van der Waals surface area contributed by atoms with Crippen LogP contribution < -0.4 is 5.73 Å². The molecule has 1 heterocycles. The summed E-state index contributed by atoms with van der Waals surface area (Å²) in [5, 5.41) is -0.408. The van der Waals surface area contributed by atoms with Gasteiger partial charge >= 0.3 is 0 Å². The van der Waals surface area contributed by atoms with Crippen LogP contribution >= 0.6 is 11.6 Å². The molecule has 2 rings (SSSR count). The number of nitrogens with zero attached hydrogens (tertiary/aromatic N) is 1. The van der Waals surface area contributed by atoms with E-state index in [0.717, 1.165) is 28.0 Å². The number of rotatable bonds is 5. The van der Waals surface area contributed by atoms with Crippen LogP contribution in [0.3, 0.4) is 0 Å². The zero-order valence-corrected chi connectivity index (χ0v) is 13.9. The number of carbonyl (C=O) groups is 1. The number of nitrogens with two attached hydrogens (primary N) is 1. The maximum absolute atomic E-state index is 12.0. The van der Waals surface area contributed by atoms with Crippen molar-refractivity contribution in [1.29, 1.82) is 0 Å². The number of hydrogen-bond donors (Lipinski definition) is 1. The molecule has 0 amide bonds. The Labute approximate surface area is 136 Å². The van der Waals surface area contributed by atoms with E-state index in [0.29, 0.717) is 13.2 Å². The van der Waals surface area contributed by atoms with Gasteiger partial charge in [-0.15, -0.1) is 0 Å². The second-order valence-corrected chi connectivity index (χ2v) is 5.87. The standard InChI is InChI=1S/C17H21ClN2O2/c1-10-4-6-12(7-5-10)16-13(8-19)14(9-22-3)20-11(2)15(16)17(18)21/h4-7,11,15H,8-9,19H2,1-3H3. The lowest BCUT2D eigenvalue weighted by atomic mass is 9.81. The lowest BCUT2D eigenvalue weighted by Gasteiger charge is -2.30. The van der Waals surface area contributed by atoms with Crippen molar-refractivity contribution in [3.63, 3.8) is 0 Å². The van der Waals surface area contributed by atoms with Crippen LogP contribution in [0.25, 0.3) is 5.57 Å². The van der Waals surface area contributed by atoms with Gasteiger partial charge in [0.25, 0.3) is 0 Å². The van der Waals surface area contributed by atoms with Crippen molar-refractivity contribution < 1.29 is 9.53 Å². The van der Waals surface area contributed by atoms with Gasteiger partial charge in [-0.3, -0.25) is 9.79 Å². The van der Waals surface area contributed by atoms with Crippen LogP contribution in [-0.2, 0) is 9.53 Å².